The van der Waals surface area contributed by atoms with Crippen molar-refractivity contribution >= 4 is 16.9 Å². The SMILES string of the molecule is CCN1CCC[C@H](Nc2nc3ccccc3c(=O)[nH]2)C1. The lowest BCUT2D eigenvalue weighted by Crippen LogP contribution is -2.42. The molecule has 1 fully saturated rings. The minimum Gasteiger partial charge on any atom is -0.352 e. The zero-order valence-electron chi connectivity index (χ0n) is 11.7. The maximum Gasteiger partial charge on any atom is 0.260 e. The number of likely N-dealkylation sites (tertiary alicyclic amines) is 1. The Morgan fingerprint density at radius 2 is 2.30 bits per heavy atom. The minimum atomic E-state index is -0.0822. The second kappa shape index (κ2) is 5.63. The van der Waals surface area contributed by atoms with Crippen LogP contribution in [0, 0.1) is 0 Å². The van der Waals surface area contributed by atoms with Gasteiger partial charge in [-0.05, 0) is 38.1 Å². The van der Waals surface area contributed by atoms with E-state index in [1.807, 2.05) is 18.2 Å². The topological polar surface area (TPSA) is 61.0 Å². The van der Waals surface area contributed by atoms with Gasteiger partial charge in [0.15, 0.2) is 0 Å². The quantitative estimate of drug-likeness (QED) is 0.894. The van der Waals surface area contributed by atoms with Crippen LogP contribution in [0.3, 0.4) is 0 Å². The smallest absolute Gasteiger partial charge is 0.260 e. The highest BCUT2D eigenvalue weighted by atomic mass is 16.1. The summed E-state index contributed by atoms with van der Waals surface area (Å²) in [5.74, 6) is 0.580. The van der Waals surface area contributed by atoms with Crippen LogP contribution in [0.1, 0.15) is 19.8 Å². The van der Waals surface area contributed by atoms with Gasteiger partial charge in [0.2, 0.25) is 5.95 Å². The molecule has 1 aromatic carbocycles. The van der Waals surface area contributed by atoms with E-state index in [-0.39, 0.29) is 5.56 Å². The van der Waals surface area contributed by atoms with E-state index in [9.17, 15) is 4.79 Å². The maximum atomic E-state index is 12.0. The van der Waals surface area contributed by atoms with Crippen molar-refractivity contribution < 1.29 is 0 Å². The molecule has 5 heteroatoms. The number of hydrogen-bond acceptors (Lipinski definition) is 4. The van der Waals surface area contributed by atoms with Crippen molar-refractivity contribution in [3.63, 3.8) is 0 Å². The first kappa shape index (κ1) is 13.1. The summed E-state index contributed by atoms with van der Waals surface area (Å²) >= 11 is 0. The molecule has 3 rings (SSSR count). The lowest BCUT2D eigenvalue weighted by molar-refractivity contribution is 0.226. The molecule has 0 saturated carbocycles. The average molecular weight is 272 g/mol. The molecule has 106 valence electrons. The van der Waals surface area contributed by atoms with Crippen molar-refractivity contribution in [2.24, 2.45) is 0 Å². The molecule has 1 saturated heterocycles. The van der Waals surface area contributed by atoms with Crippen LogP contribution in [0.15, 0.2) is 29.1 Å². The van der Waals surface area contributed by atoms with Crippen LogP contribution in [-0.4, -0.2) is 40.5 Å². The van der Waals surface area contributed by atoms with Gasteiger partial charge < -0.3 is 10.2 Å². The maximum absolute atomic E-state index is 12.0. The largest absolute Gasteiger partial charge is 0.352 e. The third kappa shape index (κ3) is 2.67. The summed E-state index contributed by atoms with van der Waals surface area (Å²) < 4.78 is 0. The molecular weight excluding hydrogens is 252 g/mol. The molecule has 1 aliphatic heterocycles. The van der Waals surface area contributed by atoms with Gasteiger partial charge in [-0.3, -0.25) is 9.78 Å². The Balaban J connectivity index is 1.82. The third-order valence-corrected chi connectivity index (χ3v) is 3.91. The molecule has 0 bridgehead atoms. The lowest BCUT2D eigenvalue weighted by atomic mass is 10.1. The number of nitrogens with zero attached hydrogens (tertiary/aromatic N) is 2. The number of piperidine rings is 1. The predicted octanol–water partition coefficient (Wildman–Crippen LogP) is 1.82. The minimum absolute atomic E-state index is 0.0822. The van der Waals surface area contributed by atoms with Crippen LogP contribution in [0.4, 0.5) is 5.95 Å². The number of aromatic nitrogens is 2. The fourth-order valence-corrected chi connectivity index (χ4v) is 2.81. The summed E-state index contributed by atoms with van der Waals surface area (Å²) in [5.41, 5.74) is 0.656. The molecule has 1 aliphatic rings. The molecule has 0 aliphatic carbocycles. The van der Waals surface area contributed by atoms with Gasteiger partial charge in [-0.25, -0.2) is 4.98 Å². The summed E-state index contributed by atoms with van der Waals surface area (Å²) in [6, 6.07) is 7.78. The zero-order valence-corrected chi connectivity index (χ0v) is 11.7. The summed E-state index contributed by atoms with van der Waals surface area (Å²) in [5, 5.41) is 4.01. The number of hydrogen-bond donors (Lipinski definition) is 2. The van der Waals surface area contributed by atoms with Gasteiger partial charge >= 0.3 is 0 Å². The zero-order chi connectivity index (χ0) is 13.9. The number of para-hydroxylation sites is 1. The summed E-state index contributed by atoms with van der Waals surface area (Å²) in [4.78, 5) is 21.8. The highest BCUT2D eigenvalue weighted by Gasteiger charge is 2.19. The first-order valence-corrected chi connectivity index (χ1v) is 7.24. The number of fused-ring (bicyclic) bond motifs is 1. The second-order valence-electron chi connectivity index (χ2n) is 5.31. The van der Waals surface area contributed by atoms with Crippen molar-refractivity contribution in [3.05, 3.63) is 34.6 Å². The van der Waals surface area contributed by atoms with Gasteiger partial charge in [-0.2, -0.15) is 0 Å². The summed E-state index contributed by atoms with van der Waals surface area (Å²) in [6.07, 6.45) is 2.30. The number of nitrogens with one attached hydrogen (secondary N) is 2. The molecule has 2 heterocycles. The van der Waals surface area contributed by atoms with E-state index in [4.69, 9.17) is 0 Å². The highest BCUT2D eigenvalue weighted by molar-refractivity contribution is 5.78. The average Bonchev–Trinajstić information content (AvgIpc) is 2.47. The molecule has 2 aromatic rings. The summed E-state index contributed by atoms with van der Waals surface area (Å²) in [7, 11) is 0. The van der Waals surface area contributed by atoms with Crippen molar-refractivity contribution in [2.45, 2.75) is 25.8 Å². The number of anilines is 1. The molecule has 1 atom stereocenters. The fraction of sp³-hybridized carbons (Fsp3) is 0.467. The highest BCUT2D eigenvalue weighted by Crippen LogP contribution is 2.14. The molecule has 0 radical (unpaired) electrons. The van der Waals surface area contributed by atoms with E-state index < -0.39 is 0 Å². The van der Waals surface area contributed by atoms with Crippen LogP contribution in [0.2, 0.25) is 0 Å². The molecule has 20 heavy (non-hydrogen) atoms. The van der Waals surface area contributed by atoms with E-state index in [2.05, 4.69) is 27.1 Å². The molecule has 0 unspecified atom stereocenters. The Bertz CT molecular complexity index is 652. The monoisotopic (exact) mass is 272 g/mol. The molecule has 2 N–H and O–H groups in total. The van der Waals surface area contributed by atoms with Crippen LogP contribution < -0.4 is 10.9 Å². The Hall–Kier alpha value is -1.88. The molecular formula is C15H20N4O. The third-order valence-electron chi connectivity index (χ3n) is 3.91. The standard InChI is InChI=1S/C15H20N4O/c1-2-19-9-5-6-11(10-19)16-15-17-13-8-4-3-7-12(13)14(20)18-15/h3-4,7-8,11H,2,5-6,9-10H2,1H3,(H2,16,17,18,20)/t11-/m0/s1. The number of H-pyrrole nitrogens is 1. The molecule has 5 nitrogen and oxygen atoms in total. The first-order chi connectivity index (χ1) is 9.76. The van der Waals surface area contributed by atoms with Gasteiger partial charge in [0.1, 0.15) is 0 Å². The van der Waals surface area contributed by atoms with Gasteiger partial charge in [-0.1, -0.05) is 19.1 Å². The van der Waals surface area contributed by atoms with E-state index in [0.29, 0.717) is 17.4 Å². The number of aromatic amines is 1. The number of rotatable bonds is 3. The Kier molecular flexibility index (Phi) is 3.69. The van der Waals surface area contributed by atoms with E-state index >= 15 is 0 Å². The van der Waals surface area contributed by atoms with Gasteiger partial charge in [0.05, 0.1) is 10.9 Å². The van der Waals surface area contributed by atoms with Crippen molar-refractivity contribution in [2.75, 3.05) is 25.0 Å². The molecule has 1 aromatic heterocycles. The lowest BCUT2D eigenvalue weighted by Gasteiger charge is -2.32. The Morgan fingerprint density at radius 1 is 1.45 bits per heavy atom. The number of benzene rings is 1. The van der Waals surface area contributed by atoms with Crippen LogP contribution in [-0.2, 0) is 0 Å². The van der Waals surface area contributed by atoms with Crippen molar-refractivity contribution in [1.29, 1.82) is 0 Å². The van der Waals surface area contributed by atoms with Crippen molar-refractivity contribution in [3.8, 4) is 0 Å². The Labute approximate surface area is 118 Å². The predicted molar refractivity (Wildman–Crippen MR) is 81.1 cm³/mol. The molecule has 0 spiro atoms. The van der Waals surface area contributed by atoms with Gasteiger partial charge in [0.25, 0.3) is 5.56 Å². The first-order valence-electron chi connectivity index (χ1n) is 7.24. The normalized spacial score (nSPS) is 20.1. The Morgan fingerprint density at radius 3 is 3.15 bits per heavy atom. The van der Waals surface area contributed by atoms with Gasteiger partial charge in [0, 0.05) is 12.6 Å². The van der Waals surface area contributed by atoms with Crippen molar-refractivity contribution in [1.82, 2.24) is 14.9 Å². The van der Waals surface area contributed by atoms with E-state index in [1.54, 1.807) is 6.07 Å². The van der Waals surface area contributed by atoms with E-state index in [0.717, 1.165) is 31.6 Å². The summed E-state index contributed by atoms with van der Waals surface area (Å²) in [6.45, 7) is 5.42. The number of likely N-dealkylation sites (N-methyl/N-ethyl adjacent to an activating group) is 1. The molecule has 0 amide bonds. The van der Waals surface area contributed by atoms with Crippen LogP contribution >= 0.6 is 0 Å². The van der Waals surface area contributed by atoms with E-state index in [1.165, 1.54) is 6.42 Å². The fourth-order valence-electron chi connectivity index (χ4n) is 2.81. The van der Waals surface area contributed by atoms with Gasteiger partial charge in [-0.15, -0.1) is 0 Å². The van der Waals surface area contributed by atoms with Crippen LogP contribution in [0.25, 0.3) is 10.9 Å². The van der Waals surface area contributed by atoms with Crippen LogP contribution in [0.5, 0.6) is 0 Å². The second-order valence-corrected chi connectivity index (χ2v) is 5.31.